The third kappa shape index (κ3) is 3.62. The van der Waals surface area contributed by atoms with E-state index in [2.05, 4.69) is 36.2 Å². The fraction of sp³-hybridized carbons (Fsp3) is 0.357. The Labute approximate surface area is 112 Å². The lowest BCUT2D eigenvalue weighted by atomic mass is 10.1. The molecule has 18 heavy (non-hydrogen) atoms. The van der Waals surface area contributed by atoms with Crippen molar-refractivity contribution in [3.63, 3.8) is 0 Å². The summed E-state index contributed by atoms with van der Waals surface area (Å²) in [6, 6.07) is 8.66. The van der Waals surface area contributed by atoms with Gasteiger partial charge < -0.3 is 10.2 Å². The summed E-state index contributed by atoms with van der Waals surface area (Å²) >= 11 is 1.53. The molecule has 1 heterocycles. The van der Waals surface area contributed by atoms with Gasteiger partial charge in [0.15, 0.2) is 0 Å². The molecule has 2 rings (SSSR count). The lowest BCUT2D eigenvalue weighted by Gasteiger charge is -2.08. The van der Waals surface area contributed by atoms with Crippen LogP contribution in [0.1, 0.15) is 24.6 Å². The van der Waals surface area contributed by atoms with Crippen molar-refractivity contribution in [2.75, 3.05) is 0 Å². The smallest absolute Gasteiger partial charge is 0.260 e. The monoisotopic (exact) mass is 262 g/mol. The van der Waals surface area contributed by atoms with E-state index in [9.17, 15) is 0 Å². The van der Waals surface area contributed by atoms with Crippen molar-refractivity contribution < 1.29 is 4.42 Å². The van der Waals surface area contributed by atoms with Crippen LogP contribution in [0.15, 0.2) is 45.1 Å². The van der Waals surface area contributed by atoms with Gasteiger partial charge in [-0.25, -0.2) is 4.98 Å². The van der Waals surface area contributed by atoms with E-state index >= 15 is 0 Å². The van der Waals surface area contributed by atoms with Crippen LogP contribution < -0.4 is 5.73 Å². The van der Waals surface area contributed by atoms with E-state index in [-0.39, 0.29) is 6.04 Å². The molecule has 96 valence electrons. The second-order valence-corrected chi connectivity index (χ2v) is 5.40. The highest BCUT2D eigenvalue weighted by Crippen LogP contribution is 2.27. The molecular formula is C14H18N2OS. The summed E-state index contributed by atoms with van der Waals surface area (Å²) in [5, 5.41) is 0.686. The first kappa shape index (κ1) is 13.2. The number of hydrogen-bond acceptors (Lipinski definition) is 4. The molecule has 0 aliphatic heterocycles. The van der Waals surface area contributed by atoms with Crippen LogP contribution in [0.5, 0.6) is 0 Å². The number of benzene rings is 1. The van der Waals surface area contributed by atoms with E-state index in [1.807, 2.05) is 6.92 Å². The van der Waals surface area contributed by atoms with Crippen LogP contribution in [0.4, 0.5) is 0 Å². The molecule has 1 unspecified atom stereocenters. The Balaban J connectivity index is 1.99. The number of nitrogens with zero attached hydrogens (tertiary/aromatic N) is 1. The molecule has 2 N–H and O–H groups in total. The standard InChI is InChI=1S/C14H18N2OS/c1-3-12(15)8-11-4-6-13(7-5-11)18-14-16-10(2)9-17-14/h4-7,9,12H,3,8,15H2,1-2H3. The van der Waals surface area contributed by atoms with Gasteiger partial charge in [-0.05, 0) is 49.2 Å². The lowest BCUT2D eigenvalue weighted by molar-refractivity contribution is 0.454. The Kier molecular flexibility index (Phi) is 4.44. The third-order valence-electron chi connectivity index (χ3n) is 2.75. The number of oxazole rings is 1. The van der Waals surface area contributed by atoms with Gasteiger partial charge in [-0.1, -0.05) is 19.1 Å². The maximum Gasteiger partial charge on any atom is 0.260 e. The topological polar surface area (TPSA) is 52.0 Å². The van der Waals surface area contributed by atoms with E-state index in [4.69, 9.17) is 10.2 Å². The Morgan fingerprint density at radius 3 is 2.61 bits per heavy atom. The van der Waals surface area contributed by atoms with E-state index in [1.165, 1.54) is 17.3 Å². The van der Waals surface area contributed by atoms with Crippen LogP contribution in [0.2, 0.25) is 0 Å². The SMILES string of the molecule is CCC(N)Cc1ccc(Sc2nc(C)co2)cc1. The minimum absolute atomic E-state index is 0.248. The Bertz CT molecular complexity index is 493. The van der Waals surface area contributed by atoms with Crippen LogP contribution in [0.3, 0.4) is 0 Å². The molecule has 0 aliphatic rings. The molecule has 0 amide bonds. The van der Waals surface area contributed by atoms with Crippen molar-refractivity contribution in [1.29, 1.82) is 0 Å². The molecule has 1 atom stereocenters. The first-order valence-corrected chi connectivity index (χ1v) is 6.93. The van der Waals surface area contributed by atoms with E-state index in [1.54, 1.807) is 6.26 Å². The quantitative estimate of drug-likeness (QED) is 0.897. The summed E-state index contributed by atoms with van der Waals surface area (Å²) in [7, 11) is 0. The predicted octanol–water partition coefficient (Wildman–Crippen LogP) is 3.41. The highest BCUT2D eigenvalue weighted by atomic mass is 32.2. The van der Waals surface area contributed by atoms with Gasteiger partial charge in [0.1, 0.15) is 6.26 Å². The van der Waals surface area contributed by atoms with Crippen molar-refractivity contribution >= 4 is 11.8 Å². The van der Waals surface area contributed by atoms with Crippen LogP contribution in [0, 0.1) is 6.92 Å². The van der Waals surface area contributed by atoms with Gasteiger partial charge in [-0.2, -0.15) is 0 Å². The van der Waals surface area contributed by atoms with Crippen LogP contribution in [0.25, 0.3) is 0 Å². The second kappa shape index (κ2) is 6.07. The molecule has 0 spiro atoms. The second-order valence-electron chi connectivity index (χ2n) is 4.37. The summed E-state index contributed by atoms with van der Waals surface area (Å²) in [6.07, 6.45) is 3.60. The third-order valence-corrected chi connectivity index (χ3v) is 3.62. The molecule has 0 aliphatic carbocycles. The number of rotatable bonds is 5. The van der Waals surface area contributed by atoms with E-state index < -0.39 is 0 Å². The molecule has 0 bridgehead atoms. The van der Waals surface area contributed by atoms with Gasteiger partial charge in [-0.3, -0.25) is 0 Å². The number of aromatic nitrogens is 1. The van der Waals surface area contributed by atoms with E-state index in [0.717, 1.165) is 23.4 Å². The van der Waals surface area contributed by atoms with Gasteiger partial charge in [0.2, 0.25) is 0 Å². The van der Waals surface area contributed by atoms with Crippen LogP contribution in [-0.4, -0.2) is 11.0 Å². The van der Waals surface area contributed by atoms with Gasteiger partial charge in [-0.15, -0.1) is 0 Å². The minimum atomic E-state index is 0.248. The molecule has 0 saturated heterocycles. The molecule has 1 aromatic heterocycles. The Morgan fingerprint density at radius 2 is 2.06 bits per heavy atom. The zero-order valence-corrected chi connectivity index (χ0v) is 11.5. The van der Waals surface area contributed by atoms with Crippen LogP contribution in [-0.2, 0) is 6.42 Å². The van der Waals surface area contributed by atoms with Gasteiger partial charge >= 0.3 is 0 Å². The Hall–Kier alpha value is -1.26. The van der Waals surface area contributed by atoms with Crippen molar-refractivity contribution in [1.82, 2.24) is 4.98 Å². The van der Waals surface area contributed by atoms with Crippen molar-refractivity contribution in [3.05, 3.63) is 41.8 Å². The van der Waals surface area contributed by atoms with E-state index in [0.29, 0.717) is 5.22 Å². The fourth-order valence-electron chi connectivity index (χ4n) is 1.62. The summed E-state index contributed by atoms with van der Waals surface area (Å²) in [5.41, 5.74) is 8.12. The average molecular weight is 262 g/mol. The largest absolute Gasteiger partial charge is 0.439 e. The normalized spacial score (nSPS) is 12.6. The predicted molar refractivity (Wildman–Crippen MR) is 73.8 cm³/mol. The fourth-order valence-corrected chi connectivity index (χ4v) is 2.38. The van der Waals surface area contributed by atoms with Gasteiger partial charge in [0.05, 0.1) is 5.69 Å². The molecular weight excluding hydrogens is 244 g/mol. The zero-order valence-electron chi connectivity index (χ0n) is 10.7. The number of nitrogens with two attached hydrogens (primary N) is 1. The van der Waals surface area contributed by atoms with Crippen LogP contribution >= 0.6 is 11.8 Å². The van der Waals surface area contributed by atoms with Crippen molar-refractivity contribution in [2.24, 2.45) is 5.73 Å². The molecule has 4 heteroatoms. The molecule has 1 aromatic carbocycles. The molecule has 0 fully saturated rings. The van der Waals surface area contributed by atoms with Gasteiger partial charge in [0.25, 0.3) is 5.22 Å². The first-order valence-electron chi connectivity index (χ1n) is 6.12. The minimum Gasteiger partial charge on any atom is -0.439 e. The molecule has 0 saturated carbocycles. The number of aryl methyl sites for hydroxylation is 1. The lowest BCUT2D eigenvalue weighted by Crippen LogP contribution is -2.21. The van der Waals surface area contributed by atoms with Crippen molar-refractivity contribution in [3.8, 4) is 0 Å². The summed E-state index contributed by atoms with van der Waals surface area (Å²) in [5.74, 6) is 0. The zero-order chi connectivity index (χ0) is 13.0. The molecule has 3 nitrogen and oxygen atoms in total. The highest BCUT2D eigenvalue weighted by Gasteiger charge is 2.05. The summed E-state index contributed by atoms with van der Waals surface area (Å²) in [4.78, 5) is 5.40. The maximum absolute atomic E-state index is 5.94. The summed E-state index contributed by atoms with van der Waals surface area (Å²) < 4.78 is 5.31. The summed E-state index contributed by atoms with van der Waals surface area (Å²) in [6.45, 7) is 4.03. The van der Waals surface area contributed by atoms with Gasteiger partial charge in [0, 0.05) is 10.9 Å². The maximum atomic E-state index is 5.94. The number of hydrogen-bond donors (Lipinski definition) is 1. The molecule has 0 radical (unpaired) electrons. The Morgan fingerprint density at radius 1 is 1.33 bits per heavy atom. The first-order chi connectivity index (χ1) is 8.67. The average Bonchev–Trinajstić information content (AvgIpc) is 2.77. The molecule has 2 aromatic rings. The van der Waals surface area contributed by atoms with Crippen molar-refractivity contribution in [2.45, 2.75) is 42.8 Å². The highest BCUT2D eigenvalue weighted by molar-refractivity contribution is 7.99.